The average Bonchev–Trinajstić information content (AvgIpc) is 2.87. The van der Waals surface area contributed by atoms with Crippen LogP contribution in [-0.2, 0) is 0 Å². The molecule has 130 valence electrons. The SMILES string of the molecule is CC(C)NC(=O)c1ccccc1-[s+]1c2ccccc2c(=O)n1C(C)C. The highest BCUT2D eigenvalue weighted by Gasteiger charge is 2.31. The maximum absolute atomic E-state index is 12.9. The van der Waals surface area contributed by atoms with E-state index in [0.717, 1.165) is 15.0 Å². The molecule has 3 rings (SSSR count). The van der Waals surface area contributed by atoms with Gasteiger partial charge in [0.05, 0.1) is 6.04 Å². The zero-order valence-corrected chi connectivity index (χ0v) is 15.8. The molecule has 1 amide bonds. The number of fused-ring (bicyclic) bond motifs is 1. The molecule has 1 N–H and O–H groups in total. The Morgan fingerprint density at radius 3 is 2.32 bits per heavy atom. The molecule has 5 heteroatoms. The van der Waals surface area contributed by atoms with Crippen molar-refractivity contribution in [3.8, 4) is 4.90 Å². The Hall–Kier alpha value is -2.40. The minimum Gasteiger partial charge on any atom is -0.350 e. The number of nitrogens with zero attached hydrogens (tertiary/aromatic N) is 1. The molecule has 0 bridgehead atoms. The fourth-order valence-electron chi connectivity index (χ4n) is 2.95. The molecule has 3 aromatic rings. The van der Waals surface area contributed by atoms with Crippen molar-refractivity contribution in [3.63, 3.8) is 0 Å². The smallest absolute Gasteiger partial charge is 0.304 e. The van der Waals surface area contributed by atoms with E-state index in [0.29, 0.717) is 5.56 Å². The average molecular weight is 355 g/mol. The van der Waals surface area contributed by atoms with Crippen molar-refractivity contribution in [1.82, 2.24) is 9.27 Å². The lowest BCUT2D eigenvalue weighted by atomic mass is 10.2. The van der Waals surface area contributed by atoms with Crippen LogP contribution in [0.2, 0.25) is 0 Å². The summed E-state index contributed by atoms with van der Waals surface area (Å²) in [4.78, 5) is 26.5. The fraction of sp³-hybridized carbons (Fsp3) is 0.300. The zero-order valence-electron chi connectivity index (χ0n) is 14.9. The third kappa shape index (κ3) is 3.12. The Balaban J connectivity index is 2.33. The lowest BCUT2D eigenvalue weighted by Crippen LogP contribution is -2.30. The molecule has 0 radical (unpaired) electrons. The Morgan fingerprint density at radius 2 is 1.64 bits per heavy atom. The van der Waals surface area contributed by atoms with Crippen molar-refractivity contribution >= 4 is 26.7 Å². The Labute approximate surface area is 150 Å². The number of benzene rings is 2. The van der Waals surface area contributed by atoms with Crippen molar-refractivity contribution in [2.75, 3.05) is 0 Å². The van der Waals surface area contributed by atoms with E-state index in [1.807, 2.05) is 80.2 Å². The quantitative estimate of drug-likeness (QED) is 0.703. The summed E-state index contributed by atoms with van der Waals surface area (Å²) in [5.74, 6) is -0.0985. The van der Waals surface area contributed by atoms with Crippen LogP contribution in [0.5, 0.6) is 0 Å². The number of amides is 1. The molecule has 1 aromatic heterocycles. The van der Waals surface area contributed by atoms with E-state index in [1.54, 1.807) is 0 Å². The van der Waals surface area contributed by atoms with Gasteiger partial charge in [0, 0.05) is 18.2 Å². The van der Waals surface area contributed by atoms with Gasteiger partial charge in [-0.25, -0.2) is 0 Å². The van der Waals surface area contributed by atoms with Gasteiger partial charge in [-0.15, -0.1) is 3.96 Å². The molecule has 0 spiro atoms. The molecule has 25 heavy (non-hydrogen) atoms. The monoisotopic (exact) mass is 355 g/mol. The molecule has 0 aliphatic heterocycles. The summed E-state index contributed by atoms with van der Waals surface area (Å²) in [5.41, 5.74) is 0.669. The van der Waals surface area contributed by atoms with E-state index in [2.05, 4.69) is 5.32 Å². The molecule has 1 unspecified atom stereocenters. The molecule has 4 nitrogen and oxygen atoms in total. The van der Waals surface area contributed by atoms with Gasteiger partial charge in [-0.1, -0.05) is 24.3 Å². The van der Waals surface area contributed by atoms with E-state index >= 15 is 0 Å². The number of hydrogen-bond acceptors (Lipinski definition) is 2. The Bertz CT molecular complexity index is 983. The van der Waals surface area contributed by atoms with E-state index < -0.39 is 10.7 Å². The molecule has 0 saturated carbocycles. The van der Waals surface area contributed by atoms with Gasteiger partial charge in [0.2, 0.25) is 9.60 Å². The first-order chi connectivity index (χ1) is 11.9. The fourth-order valence-corrected chi connectivity index (χ4v) is 5.45. The van der Waals surface area contributed by atoms with Crippen molar-refractivity contribution in [2.24, 2.45) is 0 Å². The second kappa shape index (κ2) is 6.84. The number of rotatable bonds is 4. The summed E-state index contributed by atoms with van der Waals surface area (Å²) in [6, 6.07) is 15.4. The predicted octanol–water partition coefficient (Wildman–Crippen LogP) is 4.46. The maximum atomic E-state index is 12.9. The molecule has 0 aliphatic carbocycles. The van der Waals surface area contributed by atoms with Crippen molar-refractivity contribution in [3.05, 3.63) is 64.4 Å². The van der Waals surface area contributed by atoms with Crippen LogP contribution in [0.1, 0.15) is 44.1 Å². The van der Waals surface area contributed by atoms with Crippen LogP contribution < -0.4 is 10.9 Å². The van der Waals surface area contributed by atoms with Gasteiger partial charge in [-0.3, -0.25) is 9.59 Å². The van der Waals surface area contributed by atoms with Gasteiger partial charge >= 0.3 is 5.56 Å². The summed E-state index contributed by atoms with van der Waals surface area (Å²) in [6.07, 6.45) is 0. The third-order valence-electron chi connectivity index (χ3n) is 3.95. The lowest BCUT2D eigenvalue weighted by molar-refractivity contribution is 0.0944. The molecule has 1 heterocycles. The summed E-state index contributed by atoms with van der Waals surface area (Å²) >= 11 is 0. The van der Waals surface area contributed by atoms with Crippen molar-refractivity contribution < 1.29 is 4.79 Å². The first-order valence-corrected chi connectivity index (χ1v) is 9.67. The molecule has 0 saturated heterocycles. The molecule has 2 aromatic carbocycles. The maximum Gasteiger partial charge on any atom is 0.304 e. The number of nitrogens with one attached hydrogen (secondary N) is 1. The summed E-state index contributed by atoms with van der Waals surface area (Å²) < 4.78 is 2.89. The van der Waals surface area contributed by atoms with Gasteiger partial charge in [-0.2, -0.15) is 0 Å². The molecule has 1 atom stereocenters. The van der Waals surface area contributed by atoms with Crippen molar-refractivity contribution in [1.29, 1.82) is 0 Å². The number of aromatic nitrogens is 1. The van der Waals surface area contributed by atoms with Crippen LogP contribution in [0.25, 0.3) is 15.0 Å². The molecule has 0 aliphatic rings. The zero-order chi connectivity index (χ0) is 18.1. The third-order valence-corrected chi connectivity index (χ3v) is 6.48. The number of hydrogen-bond donors (Lipinski definition) is 1. The van der Waals surface area contributed by atoms with Gasteiger partial charge in [0.25, 0.3) is 5.91 Å². The van der Waals surface area contributed by atoms with E-state index in [1.165, 1.54) is 0 Å². The molecular formula is C20H23N2O2S+. The predicted molar refractivity (Wildman–Crippen MR) is 105 cm³/mol. The standard InChI is InChI=1S/C20H22N2O2S/c1-13(2)21-19(23)15-9-5-7-11-17(15)25-18-12-8-6-10-16(18)20(24)22(25)14(3)4/h5-14H,1-4H3/p+1. The number of carbonyl (C=O) groups excluding carboxylic acids is 1. The Kier molecular flexibility index (Phi) is 4.77. The minimum absolute atomic E-state index is 0.0352. The summed E-state index contributed by atoms with van der Waals surface area (Å²) in [7, 11) is -0.588. The normalized spacial score (nSPS) is 12.2. The second-order valence-electron chi connectivity index (χ2n) is 6.63. The van der Waals surface area contributed by atoms with E-state index in [4.69, 9.17) is 0 Å². The van der Waals surface area contributed by atoms with Crippen molar-refractivity contribution in [2.45, 2.75) is 39.8 Å². The van der Waals surface area contributed by atoms with Gasteiger partial charge in [-0.05, 0) is 39.8 Å². The van der Waals surface area contributed by atoms with Crippen LogP contribution in [0.3, 0.4) is 0 Å². The van der Waals surface area contributed by atoms with Crippen LogP contribution in [0.4, 0.5) is 0 Å². The van der Waals surface area contributed by atoms with Crippen LogP contribution >= 0.6 is 10.7 Å². The van der Waals surface area contributed by atoms with E-state index in [-0.39, 0.29) is 23.6 Å². The van der Waals surface area contributed by atoms with Crippen LogP contribution in [0, 0.1) is 0 Å². The molecular weight excluding hydrogens is 332 g/mol. The lowest BCUT2D eigenvalue weighted by Gasteiger charge is -2.10. The Morgan fingerprint density at radius 1 is 1.00 bits per heavy atom. The van der Waals surface area contributed by atoms with Crippen LogP contribution in [0.15, 0.2) is 53.3 Å². The summed E-state index contributed by atoms with van der Waals surface area (Å²) in [5, 5.41) is 3.70. The second-order valence-corrected chi connectivity index (χ2v) is 8.47. The highest BCUT2D eigenvalue weighted by Crippen LogP contribution is 2.41. The van der Waals surface area contributed by atoms with E-state index in [9.17, 15) is 9.59 Å². The first-order valence-electron chi connectivity index (χ1n) is 8.48. The minimum atomic E-state index is -0.588. The van der Waals surface area contributed by atoms with Gasteiger partial charge in [0.1, 0.15) is 21.6 Å². The summed E-state index contributed by atoms with van der Waals surface area (Å²) in [6.45, 7) is 7.91. The largest absolute Gasteiger partial charge is 0.350 e. The molecule has 0 fully saturated rings. The number of carbonyl (C=O) groups is 1. The highest BCUT2D eigenvalue weighted by molar-refractivity contribution is 7.41. The first kappa shape index (κ1) is 17.4. The topological polar surface area (TPSA) is 51.1 Å². The highest BCUT2D eigenvalue weighted by atomic mass is 32.2. The van der Waals surface area contributed by atoms with Gasteiger partial charge in [0.15, 0.2) is 0 Å². The van der Waals surface area contributed by atoms with Gasteiger partial charge < -0.3 is 5.32 Å². The van der Waals surface area contributed by atoms with Crippen LogP contribution in [-0.4, -0.2) is 15.9 Å².